The van der Waals surface area contributed by atoms with E-state index in [4.69, 9.17) is 9.15 Å². The lowest BCUT2D eigenvalue weighted by Crippen LogP contribution is -2.30. The normalized spacial score (nSPS) is 17.3. The van der Waals surface area contributed by atoms with Gasteiger partial charge >= 0.3 is 0 Å². The molecular formula is C18H22N2O5S. The second-order valence-corrected chi connectivity index (χ2v) is 8.07. The molecule has 1 atom stereocenters. The van der Waals surface area contributed by atoms with Gasteiger partial charge in [-0.15, -0.1) is 0 Å². The number of benzene rings is 1. The quantitative estimate of drug-likeness (QED) is 0.766. The van der Waals surface area contributed by atoms with Crippen molar-refractivity contribution >= 4 is 15.9 Å². The highest BCUT2D eigenvalue weighted by atomic mass is 32.2. The number of ether oxygens (including phenoxy) is 1. The third kappa shape index (κ3) is 4.72. The van der Waals surface area contributed by atoms with Crippen LogP contribution in [0.1, 0.15) is 28.3 Å². The van der Waals surface area contributed by atoms with Crippen molar-refractivity contribution in [2.24, 2.45) is 5.92 Å². The van der Waals surface area contributed by atoms with Gasteiger partial charge in [-0.05, 0) is 49.6 Å². The Kier molecular flexibility index (Phi) is 5.75. The van der Waals surface area contributed by atoms with E-state index in [-0.39, 0.29) is 28.8 Å². The summed E-state index contributed by atoms with van der Waals surface area (Å²) < 4.78 is 38.1. The summed E-state index contributed by atoms with van der Waals surface area (Å²) in [6.07, 6.45) is 0.844. The second kappa shape index (κ2) is 8.03. The van der Waals surface area contributed by atoms with E-state index in [1.807, 2.05) is 13.0 Å². The fourth-order valence-corrected chi connectivity index (χ4v) is 3.87. The van der Waals surface area contributed by atoms with E-state index in [2.05, 4.69) is 10.0 Å². The maximum Gasteiger partial charge on any atom is 0.251 e. The third-order valence-corrected chi connectivity index (χ3v) is 5.63. The Hall–Kier alpha value is -2.16. The molecule has 1 fully saturated rings. The number of carbonyl (C=O) groups is 1. The molecule has 1 saturated heterocycles. The Balaban J connectivity index is 1.63. The van der Waals surface area contributed by atoms with Crippen LogP contribution in [0, 0.1) is 12.8 Å². The van der Waals surface area contributed by atoms with Crippen LogP contribution in [0.25, 0.3) is 0 Å². The number of aryl methyl sites for hydroxylation is 1. The largest absolute Gasteiger partial charge is 0.465 e. The van der Waals surface area contributed by atoms with E-state index in [0.717, 1.165) is 12.2 Å². The summed E-state index contributed by atoms with van der Waals surface area (Å²) in [5, 5.41) is 2.72. The van der Waals surface area contributed by atoms with Crippen LogP contribution in [-0.2, 0) is 21.3 Å². The van der Waals surface area contributed by atoms with E-state index in [1.165, 1.54) is 12.1 Å². The standard InChI is InChI=1S/C18H22N2O5S/c1-13-5-6-16(25-13)11-19-18(21)15-3-2-4-17(9-15)26(22,23)20-10-14-7-8-24-12-14/h2-6,9,14,20H,7-8,10-12H2,1H3,(H,19,21). The number of furan rings is 1. The molecule has 3 rings (SSSR count). The maximum atomic E-state index is 12.4. The smallest absolute Gasteiger partial charge is 0.251 e. The minimum absolute atomic E-state index is 0.0675. The maximum absolute atomic E-state index is 12.4. The second-order valence-electron chi connectivity index (χ2n) is 6.30. The predicted octanol–water partition coefficient (Wildman–Crippen LogP) is 1.83. The van der Waals surface area contributed by atoms with Gasteiger partial charge in [-0.3, -0.25) is 4.79 Å². The van der Waals surface area contributed by atoms with Gasteiger partial charge in [0.25, 0.3) is 5.91 Å². The summed E-state index contributed by atoms with van der Waals surface area (Å²) in [5.41, 5.74) is 0.278. The molecule has 1 amide bonds. The van der Waals surface area contributed by atoms with Gasteiger partial charge in [-0.2, -0.15) is 0 Å². The monoisotopic (exact) mass is 378 g/mol. The predicted molar refractivity (Wildman–Crippen MR) is 95.2 cm³/mol. The lowest BCUT2D eigenvalue weighted by molar-refractivity contribution is 0.0947. The number of amides is 1. The molecule has 0 spiro atoms. The van der Waals surface area contributed by atoms with Gasteiger partial charge in [0.2, 0.25) is 10.0 Å². The van der Waals surface area contributed by atoms with Gasteiger partial charge in [0.05, 0.1) is 18.0 Å². The van der Waals surface area contributed by atoms with Crippen molar-refractivity contribution in [2.45, 2.75) is 24.8 Å². The molecule has 0 saturated carbocycles. The van der Waals surface area contributed by atoms with Crippen molar-refractivity contribution in [1.82, 2.24) is 10.0 Å². The van der Waals surface area contributed by atoms with Gasteiger partial charge in [0, 0.05) is 18.7 Å². The molecule has 1 aromatic carbocycles. The Bertz CT molecular complexity index is 869. The Labute approximate surface area is 152 Å². The van der Waals surface area contributed by atoms with Crippen molar-refractivity contribution < 1.29 is 22.4 Å². The topological polar surface area (TPSA) is 97.6 Å². The van der Waals surface area contributed by atoms with Crippen LogP contribution in [0.4, 0.5) is 0 Å². The average molecular weight is 378 g/mol. The average Bonchev–Trinajstić information content (AvgIpc) is 3.29. The Morgan fingerprint density at radius 2 is 2.12 bits per heavy atom. The van der Waals surface area contributed by atoms with Crippen LogP contribution in [0.15, 0.2) is 45.7 Å². The molecular weight excluding hydrogens is 356 g/mol. The van der Waals surface area contributed by atoms with Crippen LogP contribution >= 0.6 is 0 Å². The van der Waals surface area contributed by atoms with Crippen molar-refractivity contribution in [2.75, 3.05) is 19.8 Å². The highest BCUT2D eigenvalue weighted by Crippen LogP contribution is 2.15. The van der Waals surface area contributed by atoms with E-state index < -0.39 is 10.0 Å². The molecule has 140 valence electrons. The molecule has 1 aromatic heterocycles. The molecule has 1 aliphatic rings. The summed E-state index contributed by atoms with van der Waals surface area (Å²) in [4.78, 5) is 12.4. The SMILES string of the molecule is Cc1ccc(CNC(=O)c2cccc(S(=O)(=O)NCC3CCOC3)c2)o1. The molecule has 0 bridgehead atoms. The van der Waals surface area contributed by atoms with Crippen LogP contribution in [-0.4, -0.2) is 34.1 Å². The molecule has 1 aliphatic heterocycles. The van der Waals surface area contributed by atoms with Crippen LogP contribution in [0.5, 0.6) is 0 Å². The van der Waals surface area contributed by atoms with Crippen molar-refractivity contribution in [1.29, 1.82) is 0 Å². The van der Waals surface area contributed by atoms with Gasteiger partial charge in [-0.25, -0.2) is 13.1 Å². The van der Waals surface area contributed by atoms with Gasteiger partial charge in [0.15, 0.2) is 0 Å². The highest BCUT2D eigenvalue weighted by molar-refractivity contribution is 7.89. The van der Waals surface area contributed by atoms with Crippen molar-refractivity contribution in [3.63, 3.8) is 0 Å². The molecule has 7 nitrogen and oxygen atoms in total. The molecule has 0 aliphatic carbocycles. The Morgan fingerprint density at radius 3 is 2.81 bits per heavy atom. The number of rotatable bonds is 7. The first kappa shape index (κ1) is 18.6. The fraction of sp³-hybridized carbons (Fsp3) is 0.389. The molecule has 2 N–H and O–H groups in total. The zero-order valence-corrected chi connectivity index (χ0v) is 15.3. The Morgan fingerprint density at radius 1 is 1.27 bits per heavy atom. The number of carbonyl (C=O) groups excluding carboxylic acids is 1. The summed E-state index contributed by atoms with van der Waals surface area (Å²) in [6.45, 7) is 3.62. The van der Waals surface area contributed by atoms with Gasteiger partial charge < -0.3 is 14.5 Å². The zero-order valence-electron chi connectivity index (χ0n) is 14.5. The zero-order chi connectivity index (χ0) is 18.6. The van der Waals surface area contributed by atoms with Crippen LogP contribution in [0.3, 0.4) is 0 Å². The minimum Gasteiger partial charge on any atom is -0.465 e. The van der Waals surface area contributed by atoms with Crippen LogP contribution in [0.2, 0.25) is 0 Å². The molecule has 1 unspecified atom stereocenters. The van der Waals surface area contributed by atoms with Gasteiger partial charge in [-0.1, -0.05) is 6.07 Å². The third-order valence-electron chi connectivity index (χ3n) is 4.21. The molecule has 2 aromatic rings. The van der Waals surface area contributed by atoms with E-state index in [9.17, 15) is 13.2 Å². The lowest BCUT2D eigenvalue weighted by atomic mass is 10.1. The molecule has 8 heteroatoms. The number of sulfonamides is 1. The lowest BCUT2D eigenvalue weighted by Gasteiger charge is -2.11. The first-order valence-corrected chi connectivity index (χ1v) is 9.93. The first-order valence-electron chi connectivity index (χ1n) is 8.45. The summed E-state index contributed by atoms with van der Waals surface area (Å²) >= 11 is 0. The summed E-state index contributed by atoms with van der Waals surface area (Å²) in [7, 11) is -3.67. The number of hydrogen-bond acceptors (Lipinski definition) is 5. The van der Waals surface area contributed by atoms with Gasteiger partial charge in [0.1, 0.15) is 11.5 Å². The molecule has 0 radical (unpaired) electrons. The molecule has 2 heterocycles. The first-order chi connectivity index (χ1) is 12.4. The van der Waals surface area contributed by atoms with E-state index in [0.29, 0.717) is 25.5 Å². The van der Waals surface area contributed by atoms with E-state index >= 15 is 0 Å². The number of hydrogen-bond donors (Lipinski definition) is 2. The number of nitrogens with one attached hydrogen (secondary N) is 2. The summed E-state index contributed by atoms with van der Waals surface area (Å²) in [5.74, 6) is 1.23. The van der Waals surface area contributed by atoms with Crippen molar-refractivity contribution in [3.8, 4) is 0 Å². The highest BCUT2D eigenvalue weighted by Gasteiger charge is 2.21. The van der Waals surface area contributed by atoms with Crippen molar-refractivity contribution in [3.05, 3.63) is 53.5 Å². The fourth-order valence-electron chi connectivity index (χ4n) is 2.71. The summed E-state index contributed by atoms with van der Waals surface area (Å²) in [6, 6.07) is 9.57. The molecule has 26 heavy (non-hydrogen) atoms. The minimum atomic E-state index is -3.67. The van der Waals surface area contributed by atoms with Crippen LogP contribution < -0.4 is 10.0 Å². The van der Waals surface area contributed by atoms with E-state index in [1.54, 1.807) is 18.2 Å².